The van der Waals surface area contributed by atoms with Gasteiger partial charge in [-0.05, 0) is 31.1 Å². The van der Waals surface area contributed by atoms with Crippen molar-refractivity contribution in [2.24, 2.45) is 17.8 Å². The van der Waals surface area contributed by atoms with Gasteiger partial charge in [0.2, 0.25) is 5.91 Å². The summed E-state index contributed by atoms with van der Waals surface area (Å²) in [5.41, 5.74) is 0. The van der Waals surface area contributed by atoms with Crippen LogP contribution in [0.2, 0.25) is 0 Å². The SMILES string of the molecule is O=C(NC1CC2CCC1C2)C1CNC1. The molecule has 2 aliphatic carbocycles. The fourth-order valence-electron chi connectivity index (χ4n) is 3.20. The zero-order valence-corrected chi connectivity index (χ0v) is 8.46. The topological polar surface area (TPSA) is 41.1 Å². The van der Waals surface area contributed by atoms with Gasteiger partial charge in [-0.15, -0.1) is 0 Å². The monoisotopic (exact) mass is 194 g/mol. The summed E-state index contributed by atoms with van der Waals surface area (Å²) < 4.78 is 0. The standard InChI is InChI=1S/C11H18N2O/c14-11(9-5-12-6-9)13-10-4-7-1-2-8(10)3-7/h7-10,12H,1-6H2,(H,13,14). The average Bonchev–Trinajstić information content (AvgIpc) is 2.60. The van der Waals surface area contributed by atoms with Gasteiger partial charge in [0.05, 0.1) is 5.92 Å². The second-order valence-corrected chi connectivity index (χ2v) is 5.15. The summed E-state index contributed by atoms with van der Waals surface area (Å²) in [6, 6.07) is 0.516. The maximum absolute atomic E-state index is 11.7. The van der Waals surface area contributed by atoms with E-state index in [-0.39, 0.29) is 5.92 Å². The van der Waals surface area contributed by atoms with Crippen LogP contribution in [0.1, 0.15) is 25.7 Å². The van der Waals surface area contributed by atoms with Crippen LogP contribution in [0.25, 0.3) is 0 Å². The van der Waals surface area contributed by atoms with Gasteiger partial charge >= 0.3 is 0 Å². The number of rotatable bonds is 2. The quantitative estimate of drug-likeness (QED) is 0.672. The lowest BCUT2D eigenvalue weighted by atomic mass is 9.94. The molecule has 78 valence electrons. The summed E-state index contributed by atoms with van der Waals surface area (Å²) in [4.78, 5) is 11.7. The van der Waals surface area contributed by atoms with E-state index in [2.05, 4.69) is 10.6 Å². The average molecular weight is 194 g/mol. The zero-order valence-electron chi connectivity index (χ0n) is 8.46. The number of nitrogens with one attached hydrogen (secondary N) is 2. The Hall–Kier alpha value is -0.570. The lowest BCUT2D eigenvalue weighted by Gasteiger charge is -2.30. The Labute approximate surface area is 84.6 Å². The maximum Gasteiger partial charge on any atom is 0.225 e. The summed E-state index contributed by atoms with van der Waals surface area (Å²) in [6.07, 6.45) is 5.37. The second-order valence-electron chi connectivity index (χ2n) is 5.15. The Morgan fingerprint density at radius 3 is 2.57 bits per heavy atom. The summed E-state index contributed by atoms with van der Waals surface area (Å²) in [6.45, 7) is 1.76. The van der Waals surface area contributed by atoms with Crippen LogP contribution in [0.15, 0.2) is 0 Å². The van der Waals surface area contributed by atoms with E-state index in [0.29, 0.717) is 11.9 Å². The van der Waals surface area contributed by atoms with Crippen LogP contribution in [-0.2, 0) is 4.79 Å². The highest BCUT2D eigenvalue weighted by Gasteiger charge is 2.41. The summed E-state index contributed by atoms with van der Waals surface area (Å²) in [5, 5.41) is 6.37. The number of carbonyl (C=O) groups is 1. The Morgan fingerprint density at radius 1 is 1.21 bits per heavy atom. The molecule has 2 saturated carbocycles. The number of fused-ring (bicyclic) bond motifs is 2. The van der Waals surface area contributed by atoms with Gasteiger partial charge in [0.1, 0.15) is 0 Å². The molecular weight excluding hydrogens is 176 g/mol. The molecule has 0 radical (unpaired) electrons. The van der Waals surface area contributed by atoms with Gasteiger partial charge in [-0.1, -0.05) is 6.42 Å². The van der Waals surface area contributed by atoms with Crippen molar-refractivity contribution in [2.45, 2.75) is 31.7 Å². The predicted octanol–water partition coefficient (Wildman–Crippen LogP) is 0.511. The van der Waals surface area contributed by atoms with Gasteiger partial charge in [0.25, 0.3) is 0 Å². The van der Waals surface area contributed by atoms with Crippen LogP contribution in [0.3, 0.4) is 0 Å². The van der Waals surface area contributed by atoms with Crippen LogP contribution in [0, 0.1) is 17.8 Å². The van der Waals surface area contributed by atoms with Crippen LogP contribution < -0.4 is 10.6 Å². The lowest BCUT2D eigenvalue weighted by Crippen LogP contribution is -2.53. The molecule has 1 amide bonds. The summed E-state index contributed by atoms with van der Waals surface area (Å²) in [5.74, 6) is 2.28. The van der Waals surface area contributed by atoms with Crippen molar-refractivity contribution < 1.29 is 4.79 Å². The molecule has 3 nitrogen and oxygen atoms in total. The van der Waals surface area contributed by atoms with Gasteiger partial charge in [0.15, 0.2) is 0 Å². The van der Waals surface area contributed by atoms with Crippen LogP contribution in [0.4, 0.5) is 0 Å². The number of amides is 1. The first-order chi connectivity index (χ1) is 6.83. The molecule has 2 bridgehead atoms. The Morgan fingerprint density at radius 2 is 2.07 bits per heavy atom. The normalized spacial score (nSPS) is 41.0. The van der Waals surface area contributed by atoms with Crippen LogP contribution in [0.5, 0.6) is 0 Å². The van der Waals surface area contributed by atoms with Crippen molar-refractivity contribution in [3.05, 3.63) is 0 Å². The van der Waals surface area contributed by atoms with E-state index in [1.54, 1.807) is 0 Å². The highest BCUT2D eigenvalue weighted by Crippen LogP contribution is 2.44. The van der Waals surface area contributed by atoms with E-state index in [1.165, 1.54) is 25.7 Å². The predicted molar refractivity (Wildman–Crippen MR) is 53.7 cm³/mol. The van der Waals surface area contributed by atoms with Gasteiger partial charge in [-0.3, -0.25) is 4.79 Å². The highest BCUT2D eigenvalue weighted by atomic mass is 16.2. The second kappa shape index (κ2) is 3.23. The molecule has 0 aromatic rings. The van der Waals surface area contributed by atoms with Crippen molar-refractivity contribution in [3.63, 3.8) is 0 Å². The molecule has 3 aliphatic rings. The molecule has 3 atom stereocenters. The Kier molecular flexibility index (Phi) is 2.01. The van der Waals surface area contributed by atoms with Crippen molar-refractivity contribution in [3.8, 4) is 0 Å². The minimum atomic E-state index is 0.258. The van der Waals surface area contributed by atoms with E-state index < -0.39 is 0 Å². The Bertz CT molecular complexity index is 250. The third-order valence-corrected chi connectivity index (χ3v) is 4.22. The molecule has 1 heterocycles. The molecule has 0 spiro atoms. The molecule has 1 aliphatic heterocycles. The fraction of sp³-hybridized carbons (Fsp3) is 0.909. The fourth-order valence-corrected chi connectivity index (χ4v) is 3.20. The van der Waals surface area contributed by atoms with Crippen molar-refractivity contribution in [2.75, 3.05) is 13.1 Å². The molecule has 3 fully saturated rings. The van der Waals surface area contributed by atoms with E-state index in [4.69, 9.17) is 0 Å². The molecule has 3 unspecified atom stereocenters. The third kappa shape index (κ3) is 1.34. The minimum absolute atomic E-state index is 0.258. The molecule has 3 rings (SSSR count). The maximum atomic E-state index is 11.7. The first-order valence-electron chi connectivity index (χ1n) is 5.84. The van der Waals surface area contributed by atoms with E-state index >= 15 is 0 Å². The Balaban J connectivity index is 1.54. The van der Waals surface area contributed by atoms with E-state index in [0.717, 1.165) is 24.9 Å². The molecule has 1 saturated heterocycles. The highest BCUT2D eigenvalue weighted by molar-refractivity contribution is 5.80. The van der Waals surface area contributed by atoms with Crippen molar-refractivity contribution >= 4 is 5.91 Å². The number of carbonyl (C=O) groups excluding carboxylic acids is 1. The molecule has 2 N–H and O–H groups in total. The molecule has 0 aromatic heterocycles. The molecule has 14 heavy (non-hydrogen) atoms. The molecule has 3 heteroatoms. The molecular formula is C11H18N2O. The zero-order chi connectivity index (χ0) is 9.54. The minimum Gasteiger partial charge on any atom is -0.353 e. The summed E-state index contributed by atoms with van der Waals surface area (Å²) >= 11 is 0. The van der Waals surface area contributed by atoms with Crippen molar-refractivity contribution in [1.29, 1.82) is 0 Å². The van der Waals surface area contributed by atoms with Gasteiger partial charge in [-0.2, -0.15) is 0 Å². The van der Waals surface area contributed by atoms with Gasteiger partial charge in [0, 0.05) is 19.1 Å². The van der Waals surface area contributed by atoms with Crippen LogP contribution in [-0.4, -0.2) is 25.0 Å². The van der Waals surface area contributed by atoms with E-state index in [9.17, 15) is 4.79 Å². The molecule has 0 aromatic carbocycles. The number of hydrogen-bond donors (Lipinski definition) is 2. The van der Waals surface area contributed by atoms with E-state index in [1.807, 2.05) is 0 Å². The van der Waals surface area contributed by atoms with Crippen molar-refractivity contribution in [1.82, 2.24) is 10.6 Å². The third-order valence-electron chi connectivity index (χ3n) is 4.22. The smallest absolute Gasteiger partial charge is 0.225 e. The summed E-state index contributed by atoms with van der Waals surface area (Å²) in [7, 11) is 0. The lowest BCUT2D eigenvalue weighted by molar-refractivity contribution is -0.127. The van der Waals surface area contributed by atoms with Gasteiger partial charge < -0.3 is 10.6 Å². The van der Waals surface area contributed by atoms with Crippen LogP contribution >= 0.6 is 0 Å². The largest absolute Gasteiger partial charge is 0.353 e. The van der Waals surface area contributed by atoms with Gasteiger partial charge in [-0.25, -0.2) is 0 Å². The number of hydrogen-bond acceptors (Lipinski definition) is 2. The first-order valence-corrected chi connectivity index (χ1v) is 5.84. The first kappa shape index (κ1) is 8.72.